The average Bonchev–Trinajstić information content (AvgIpc) is 3.25. The Bertz CT molecular complexity index is 1200. The van der Waals surface area contributed by atoms with Crippen LogP contribution >= 0.6 is 35.0 Å². The van der Waals surface area contributed by atoms with E-state index in [0.717, 1.165) is 22.4 Å². The first kappa shape index (κ1) is 19.7. The molecule has 0 atom stereocenters. The lowest BCUT2D eigenvalue weighted by Gasteiger charge is -2.07. The summed E-state index contributed by atoms with van der Waals surface area (Å²) in [5.74, 6) is 0.849. The van der Waals surface area contributed by atoms with Crippen molar-refractivity contribution >= 4 is 57.6 Å². The number of hydrogen-bond acceptors (Lipinski definition) is 6. The van der Waals surface area contributed by atoms with Gasteiger partial charge in [-0.15, -0.1) is 5.10 Å². The predicted molar refractivity (Wildman–Crippen MR) is 114 cm³/mol. The molecule has 0 unspecified atom stereocenters. The summed E-state index contributed by atoms with van der Waals surface area (Å²) in [6.07, 6.45) is 0. The van der Waals surface area contributed by atoms with E-state index in [1.807, 2.05) is 35.9 Å². The maximum absolute atomic E-state index is 12.2. The number of hydrogen-bond donors (Lipinski definition) is 1. The fraction of sp³-hybridized carbons (Fsp3) is 0.167. The third-order valence-electron chi connectivity index (χ3n) is 4.26. The second-order valence-electron chi connectivity index (χ2n) is 6.25. The van der Waals surface area contributed by atoms with Gasteiger partial charge in [-0.2, -0.15) is 0 Å². The minimum absolute atomic E-state index is 0.141. The van der Waals surface area contributed by atoms with Crippen molar-refractivity contribution in [2.75, 3.05) is 11.1 Å². The van der Waals surface area contributed by atoms with Crippen LogP contribution in [0.4, 0.5) is 5.69 Å². The van der Waals surface area contributed by atoms with Crippen LogP contribution in [0.15, 0.2) is 41.6 Å². The predicted octanol–water partition coefficient (Wildman–Crippen LogP) is 3.80. The molecule has 148 valence electrons. The molecule has 2 aromatic carbocycles. The molecule has 11 heteroatoms. The van der Waals surface area contributed by atoms with Crippen LogP contribution in [-0.2, 0) is 18.9 Å². The van der Waals surface area contributed by atoms with Crippen LogP contribution in [0.2, 0.25) is 10.0 Å². The van der Waals surface area contributed by atoms with E-state index in [0.29, 0.717) is 20.9 Å². The number of fused-ring (bicyclic) bond motifs is 1. The molecular weight excluding hydrogens is 433 g/mol. The zero-order chi connectivity index (χ0) is 20.5. The van der Waals surface area contributed by atoms with Gasteiger partial charge in [0.15, 0.2) is 0 Å². The van der Waals surface area contributed by atoms with Crippen LogP contribution < -0.4 is 5.32 Å². The molecule has 0 aliphatic heterocycles. The van der Waals surface area contributed by atoms with Crippen LogP contribution in [-0.4, -0.2) is 41.4 Å². The molecule has 0 saturated heterocycles. The number of halogens is 2. The van der Waals surface area contributed by atoms with Crippen molar-refractivity contribution in [3.05, 3.63) is 46.4 Å². The first-order valence-corrected chi connectivity index (χ1v) is 10.2. The minimum Gasteiger partial charge on any atom is -0.327 e. The highest BCUT2D eigenvalue weighted by atomic mass is 35.5. The summed E-state index contributed by atoms with van der Waals surface area (Å²) in [5.41, 5.74) is 3.26. The largest absolute Gasteiger partial charge is 0.327 e. The van der Waals surface area contributed by atoms with E-state index in [1.54, 1.807) is 19.2 Å². The van der Waals surface area contributed by atoms with Crippen molar-refractivity contribution in [3.8, 4) is 11.4 Å². The molecule has 0 fully saturated rings. The number of aryl methyl sites for hydroxylation is 2. The van der Waals surface area contributed by atoms with Crippen LogP contribution in [0.1, 0.15) is 0 Å². The number of benzene rings is 2. The van der Waals surface area contributed by atoms with Gasteiger partial charge in [-0.05, 0) is 46.8 Å². The molecule has 0 saturated carbocycles. The van der Waals surface area contributed by atoms with Gasteiger partial charge in [0.1, 0.15) is 5.82 Å². The van der Waals surface area contributed by atoms with Gasteiger partial charge >= 0.3 is 0 Å². The number of nitrogens with one attached hydrogen (secondary N) is 1. The average molecular weight is 448 g/mol. The van der Waals surface area contributed by atoms with Gasteiger partial charge in [-0.3, -0.25) is 4.79 Å². The van der Waals surface area contributed by atoms with Crippen molar-refractivity contribution in [3.63, 3.8) is 0 Å². The second-order valence-corrected chi connectivity index (χ2v) is 8.01. The molecule has 0 aliphatic rings. The molecule has 0 bridgehead atoms. The zero-order valence-corrected chi connectivity index (χ0v) is 17.8. The Morgan fingerprint density at radius 3 is 2.55 bits per heavy atom. The van der Waals surface area contributed by atoms with Crippen molar-refractivity contribution in [1.82, 2.24) is 29.8 Å². The summed E-state index contributed by atoms with van der Waals surface area (Å²) in [5, 5.41) is 15.5. The van der Waals surface area contributed by atoms with E-state index >= 15 is 0 Å². The number of tetrazole rings is 1. The number of carbonyl (C=O) groups excluding carboxylic acids is 1. The van der Waals surface area contributed by atoms with Gasteiger partial charge in [-0.25, -0.2) is 9.67 Å². The molecular formula is C18H15Cl2N7OS. The summed E-state index contributed by atoms with van der Waals surface area (Å²) in [7, 11) is 3.64. The first-order valence-electron chi connectivity index (χ1n) is 8.49. The Balaban J connectivity index is 1.48. The maximum Gasteiger partial charge on any atom is 0.234 e. The Kier molecular flexibility index (Phi) is 5.44. The van der Waals surface area contributed by atoms with Crippen molar-refractivity contribution in [2.24, 2.45) is 14.1 Å². The summed E-state index contributed by atoms with van der Waals surface area (Å²) >= 11 is 13.5. The highest BCUT2D eigenvalue weighted by Gasteiger charge is 2.13. The fourth-order valence-corrected chi connectivity index (χ4v) is 3.78. The Morgan fingerprint density at radius 1 is 1.14 bits per heavy atom. The first-order chi connectivity index (χ1) is 13.9. The van der Waals surface area contributed by atoms with E-state index in [9.17, 15) is 4.79 Å². The number of amides is 1. The topological polar surface area (TPSA) is 90.5 Å². The lowest BCUT2D eigenvalue weighted by atomic mass is 10.2. The van der Waals surface area contributed by atoms with Gasteiger partial charge in [0, 0.05) is 25.3 Å². The van der Waals surface area contributed by atoms with Crippen LogP contribution in [0.5, 0.6) is 0 Å². The molecule has 8 nitrogen and oxygen atoms in total. The SMILES string of the molecule is Cn1nnnc1SCC(=O)Nc1ccc(-c2nc3cc(Cl)c(Cl)cc3n2C)cc1. The summed E-state index contributed by atoms with van der Waals surface area (Å²) in [6, 6.07) is 11.0. The van der Waals surface area contributed by atoms with Gasteiger partial charge in [0.25, 0.3) is 0 Å². The molecule has 1 N–H and O–H groups in total. The highest BCUT2D eigenvalue weighted by Crippen LogP contribution is 2.31. The van der Waals surface area contributed by atoms with E-state index < -0.39 is 0 Å². The van der Waals surface area contributed by atoms with Gasteiger partial charge in [0.05, 0.1) is 26.8 Å². The van der Waals surface area contributed by atoms with E-state index in [2.05, 4.69) is 25.8 Å². The molecule has 0 aliphatic carbocycles. The third-order valence-corrected chi connectivity index (χ3v) is 6.00. The van der Waals surface area contributed by atoms with E-state index in [1.165, 1.54) is 16.4 Å². The number of thioether (sulfide) groups is 1. The summed E-state index contributed by atoms with van der Waals surface area (Å²) in [4.78, 5) is 16.8. The van der Waals surface area contributed by atoms with Crippen molar-refractivity contribution in [1.29, 1.82) is 0 Å². The number of nitrogens with zero attached hydrogens (tertiary/aromatic N) is 6. The zero-order valence-electron chi connectivity index (χ0n) is 15.4. The molecule has 0 radical (unpaired) electrons. The molecule has 29 heavy (non-hydrogen) atoms. The second kappa shape index (κ2) is 8.02. The maximum atomic E-state index is 12.2. The van der Waals surface area contributed by atoms with Gasteiger partial charge in [0.2, 0.25) is 11.1 Å². The van der Waals surface area contributed by atoms with E-state index in [4.69, 9.17) is 23.2 Å². The number of aromatic nitrogens is 6. The highest BCUT2D eigenvalue weighted by molar-refractivity contribution is 7.99. The molecule has 1 amide bonds. The number of anilines is 1. The monoisotopic (exact) mass is 447 g/mol. The Morgan fingerprint density at radius 2 is 1.86 bits per heavy atom. The normalized spacial score (nSPS) is 11.2. The number of carbonyl (C=O) groups is 1. The van der Waals surface area contributed by atoms with Crippen LogP contribution in [0.25, 0.3) is 22.4 Å². The van der Waals surface area contributed by atoms with Crippen LogP contribution in [0.3, 0.4) is 0 Å². The lowest BCUT2D eigenvalue weighted by Crippen LogP contribution is -2.14. The van der Waals surface area contributed by atoms with E-state index in [-0.39, 0.29) is 11.7 Å². The minimum atomic E-state index is -0.141. The quantitative estimate of drug-likeness (QED) is 0.467. The summed E-state index contributed by atoms with van der Waals surface area (Å²) in [6.45, 7) is 0. The fourth-order valence-electron chi connectivity index (χ4n) is 2.82. The van der Waals surface area contributed by atoms with Crippen LogP contribution in [0, 0.1) is 0 Å². The molecule has 4 rings (SSSR count). The lowest BCUT2D eigenvalue weighted by molar-refractivity contribution is -0.113. The molecule has 4 aromatic rings. The van der Waals surface area contributed by atoms with Crippen molar-refractivity contribution < 1.29 is 4.79 Å². The number of rotatable bonds is 5. The smallest absolute Gasteiger partial charge is 0.234 e. The Hall–Kier alpha value is -2.62. The number of imidazole rings is 1. The van der Waals surface area contributed by atoms with Gasteiger partial charge < -0.3 is 9.88 Å². The Labute approximate surface area is 180 Å². The molecule has 0 spiro atoms. The summed E-state index contributed by atoms with van der Waals surface area (Å²) < 4.78 is 3.47. The molecule has 2 heterocycles. The van der Waals surface area contributed by atoms with Crippen molar-refractivity contribution in [2.45, 2.75) is 5.16 Å². The third kappa shape index (κ3) is 4.07. The molecule has 2 aromatic heterocycles. The standard InChI is InChI=1S/C18H15Cl2N7OS/c1-26-15-8-13(20)12(19)7-14(15)22-17(26)10-3-5-11(6-4-10)21-16(28)9-29-18-23-24-25-27(18)2/h3-8H,9H2,1-2H3,(H,21,28). The van der Waals surface area contributed by atoms with Gasteiger partial charge in [-0.1, -0.05) is 35.0 Å².